The first-order chi connectivity index (χ1) is 6.70. The molecule has 2 aliphatic rings. The summed E-state index contributed by atoms with van der Waals surface area (Å²) in [5.41, 5.74) is 0.260. The fourth-order valence-corrected chi connectivity index (χ4v) is 1.97. The minimum Gasteiger partial charge on any atom is -0.377 e. The summed E-state index contributed by atoms with van der Waals surface area (Å²) in [4.78, 5) is 2.47. The van der Waals surface area contributed by atoms with Crippen LogP contribution in [-0.4, -0.2) is 49.5 Å². The largest absolute Gasteiger partial charge is 0.377 e. The van der Waals surface area contributed by atoms with E-state index in [-0.39, 0.29) is 5.60 Å². The Morgan fingerprint density at radius 2 is 2.21 bits per heavy atom. The first-order valence-electron chi connectivity index (χ1n) is 5.68. The Bertz CT molecular complexity index is 190. The lowest BCUT2D eigenvalue weighted by atomic mass is 10.2. The second kappa shape index (κ2) is 4.17. The van der Waals surface area contributed by atoms with Gasteiger partial charge < -0.3 is 9.47 Å². The van der Waals surface area contributed by atoms with Gasteiger partial charge in [0.15, 0.2) is 0 Å². The van der Waals surface area contributed by atoms with Gasteiger partial charge in [0.25, 0.3) is 0 Å². The van der Waals surface area contributed by atoms with Crippen LogP contribution in [0.5, 0.6) is 0 Å². The highest BCUT2D eigenvalue weighted by Crippen LogP contribution is 2.41. The van der Waals surface area contributed by atoms with Crippen LogP contribution < -0.4 is 0 Å². The fraction of sp³-hybridized carbons (Fsp3) is 1.00. The average Bonchev–Trinajstić information content (AvgIpc) is 2.84. The van der Waals surface area contributed by atoms with Gasteiger partial charge in [0.05, 0.1) is 24.9 Å². The van der Waals surface area contributed by atoms with E-state index in [1.165, 1.54) is 12.8 Å². The van der Waals surface area contributed by atoms with Gasteiger partial charge in [-0.05, 0) is 26.7 Å². The molecule has 1 saturated heterocycles. The molecule has 1 heterocycles. The van der Waals surface area contributed by atoms with Crippen LogP contribution in [0.25, 0.3) is 0 Å². The molecular formula is C11H21NO2. The molecule has 1 aliphatic heterocycles. The van der Waals surface area contributed by atoms with Gasteiger partial charge in [-0.15, -0.1) is 0 Å². The van der Waals surface area contributed by atoms with Crippen LogP contribution in [0.4, 0.5) is 0 Å². The zero-order valence-electron chi connectivity index (χ0n) is 9.29. The first kappa shape index (κ1) is 10.4. The highest BCUT2D eigenvalue weighted by Gasteiger charge is 2.47. The molecule has 14 heavy (non-hydrogen) atoms. The molecule has 1 spiro atoms. The number of ether oxygens (including phenoxy) is 2. The maximum absolute atomic E-state index is 5.75. The van der Waals surface area contributed by atoms with E-state index in [4.69, 9.17) is 9.47 Å². The maximum atomic E-state index is 5.75. The SMILES string of the molecule is CC(C)OCCN1CCOC2(CC2)C1. The van der Waals surface area contributed by atoms with Crippen LogP contribution in [0, 0.1) is 0 Å². The number of hydrogen-bond acceptors (Lipinski definition) is 3. The first-order valence-corrected chi connectivity index (χ1v) is 5.68. The van der Waals surface area contributed by atoms with E-state index in [1.807, 2.05) is 0 Å². The molecule has 0 unspecified atom stereocenters. The van der Waals surface area contributed by atoms with Gasteiger partial charge in [0.1, 0.15) is 0 Å². The summed E-state index contributed by atoms with van der Waals surface area (Å²) in [6.07, 6.45) is 2.87. The topological polar surface area (TPSA) is 21.7 Å². The smallest absolute Gasteiger partial charge is 0.0811 e. The molecule has 82 valence electrons. The Morgan fingerprint density at radius 3 is 2.86 bits per heavy atom. The molecule has 0 aromatic carbocycles. The van der Waals surface area contributed by atoms with E-state index in [0.29, 0.717) is 6.10 Å². The van der Waals surface area contributed by atoms with Crippen molar-refractivity contribution >= 4 is 0 Å². The minimum absolute atomic E-state index is 0.260. The molecule has 2 fully saturated rings. The van der Waals surface area contributed by atoms with Crippen molar-refractivity contribution in [3.8, 4) is 0 Å². The summed E-state index contributed by atoms with van der Waals surface area (Å²) in [5, 5.41) is 0. The number of hydrogen-bond donors (Lipinski definition) is 0. The van der Waals surface area contributed by atoms with E-state index in [9.17, 15) is 0 Å². The highest BCUT2D eigenvalue weighted by atomic mass is 16.5. The standard InChI is InChI=1S/C11H21NO2/c1-10(2)13-7-5-12-6-8-14-11(9-12)3-4-11/h10H,3-9H2,1-2H3. The number of morpholine rings is 1. The van der Waals surface area contributed by atoms with E-state index in [1.54, 1.807) is 0 Å². The maximum Gasteiger partial charge on any atom is 0.0811 e. The molecule has 1 aliphatic carbocycles. The Morgan fingerprint density at radius 1 is 1.43 bits per heavy atom. The van der Waals surface area contributed by atoms with Gasteiger partial charge in [0, 0.05) is 19.6 Å². The second-order valence-electron chi connectivity index (χ2n) is 4.73. The van der Waals surface area contributed by atoms with Crippen molar-refractivity contribution in [3.63, 3.8) is 0 Å². The molecule has 0 aromatic rings. The third kappa shape index (κ3) is 2.69. The van der Waals surface area contributed by atoms with Crippen molar-refractivity contribution in [2.24, 2.45) is 0 Å². The number of nitrogens with zero attached hydrogens (tertiary/aromatic N) is 1. The van der Waals surface area contributed by atoms with Gasteiger partial charge in [-0.2, -0.15) is 0 Å². The summed E-state index contributed by atoms with van der Waals surface area (Å²) in [7, 11) is 0. The Hall–Kier alpha value is -0.120. The predicted octanol–water partition coefficient (Wildman–Crippen LogP) is 1.28. The lowest BCUT2D eigenvalue weighted by molar-refractivity contribution is -0.0550. The van der Waals surface area contributed by atoms with Crippen LogP contribution in [0.3, 0.4) is 0 Å². The van der Waals surface area contributed by atoms with Crippen LogP contribution in [0.2, 0.25) is 0 Å². The van der Waals surface area contributed by atoms with Gasteiger partial charge in [-0.25, -0.2) is 0 Å². The normalized spacial score (nSPS) is 25.9. The van der Waals surface area contributed by atoms with E-state index in [0.717, 1.165) is 32.8 Å². The van der Waals surface area contributed by atoms with E-state index in [2.05, 4.69) is 18.7 Å². The van der Waals surface area contributed by atoms with Crippen molar-refractivity contribution in [2.75, 3.05) is 32.8 Å². The van der Waals surface area contributed by atoms with Gasteiger partial charge in [-0.1, -0.05) is 0 Å². The fourth-order valence-electron chi connectivity index (χ4n) is 1.97. The molecule has 3 nitrogen and oxygen atoms in total. The molecule has 0 amide bonds. The van der Waals surface area contributed by atoms with Crippen molar-refractivity contribution in [2.45, 2.75) is 38.4 Å². The van der Waals surface area contributed by atoms with Gasteiger partial charge in [0.2, 0.25) is 0 Å². The molecule has 1 saturated carbocycles. The Labute approximate surface area is 86.4 Å². The predicted molar refractivity (Wildman–Crippen MR) is 55.4 cm³/mol. The van der Waals surface area contributed by atoms with Crippen molar-refractivity contribution in [1.29, 1.82) is 0 Å². The Kier molecular flexibility index (Phi) is 3.10. The highest BCUT2D eigenvalue weighted by molar-refractivity contribution is 5.00. The molecule has 0 atom stereocenters. The van der Waals surface area contributed by atoms with Gasteiger partial charge in [-0.3, -0.25) is 4.90 Å². The van der Waals surface area contributed by atoms with Crippen molar-refractivity contribution < 1.29 is 9.47 Å². The summed E-state index contributed by atoms with van der Waals surface area (Å²) >= 11 is 0. The third-order valence-corrected chi connectivity index (χ3v) is 2.99. The van der Waals surface area contributed by atoms with Crippen LogP contribution in [0.1, 0.15) is 26.7 Å². The Balaban J connectivity index is 1.65. The lowest BCUT2D eigenvalue weighted by Crippen LogP contribution is -2.45. The summed E-state index contributed by atoms with van der Waals surface area (Å²) in [6.45, 7) is 9.18. The monoisotopic (exact) mass is 199 g/mol. The van der Waals surface area contributed by atoms with Crippen molar-refractivity contribution in [1.82, 2.24) is 4.90 Å². The van der Waals surface area contributed by atoms with Gasteiger partial charge >= 0.3 is 0 Å². The molecule has 0 N–H and O–H groups in total. The lowest BCUT2D eigenvalue weighted by Gasteiger charge is -2.33. The van der Waals surface area contributed by atoms with Crippen LogP contribution >= 0.6 is 0 Å². The quantitative estimate of drug-likeness (QED) is 0.680. The zero-order valence-corrected chi connectivity index (χ0v) is 9.29. The molecule has 0 radical (unpaired) electrons. The minimum atomic E-state index is 0.260. The molecule has 2 rings (SSSR count). The van der Waals surface area contributed by atoms with Crippen LogP contribution in [0.15, 0.2) is 0 Å². The molecule has 3 heteroatoms. The van der Waals surface area contributed by atoms with E-state index >= 15 is 0 Å². The van der Waals surface area contributed by atoms with Crippen LogP contribution in [-0.2, 0) is 9.47 Å². The molecular weight excluding hydrogens is 178 g/mol. The van der Waals surface area contributed by atoms with E-state index < -0.39 is 0 Å². The number of rotatable bonds is 4. The summed E-state index contributed by atoms with van der Waals surface area (Å²) in [6, 6.07) is 0. The second-order valence-corrected chi connectivity index (χ2v) is 4.73. The molecule has 0 bridgehead atoms. The average molecular weight is 199 g/mol. The van der Waals surface area contributed by atoms with Crippen molar-refractivity contribution in [3.05, 3.63) is 0 Å². The summed E-state index contributed by atoms with van der Waals surface area (Å²) in [5.74, 6) is 0. The summed E-state index contributed by atoms with van der Waals surface area (Å²) < 4.78 is 11.3. The molecule has 0 aromatic heterocycles. The third-order valence-electron chi connectivity index (χ3n) is 2.99. The zero-order chi connectivity index (χ0) is 10.0.